The number of nitrogens with one attached hydrogen (secondary N) is 1. The second kappa shape index (κ2) is 6.24. The second-order valence-electron chi connectivity index (χ2n) is 5.14. The van der Waals surface area contributed by atoms with Gasteiger partial charge in [-0.05, 0) is 29.7 Å². The normalized spacial score (nSPS) is 14.5. The van der Waals surface area contributed by atoms with E-state index in [0.717, 1.165) is 19.5 Å². The molecule has 4 nitrogen and oxygen atoms in total. The number of amides is 1. The van der Waals surface area contributed by atoms with Crippen molar-refractivity contribution in [3.05, 3.63) is 58.7 Å². The lowest BCUT2D eigenvalue weighted by molar-refractivity contribution is -0.117. The maximum absolute atomic E-state index is 12.1. The number of anilines is 1. The van der Waals surface area contributed by atoms with Crippen LogP contribution in [0.25, 0.3) is 0 Å². The van der Waals surface area contributed by atoms with Gasteiger partial charge in [0.25, 0.3) is 0 Å². The van der Waals surface area contributed by atoms with Crippen molar-refractivity contribution in [1.29, 1.82) is 0 Å². The third-order valence-electron chi connectivity index (χ3n) is 3.57. The highest BCUT2D eigenvalue weighted by Gasteiger charge is 2.18. The van der Waals surface area contributed by atoms with Crippen molar-refractivity contribution in [3.8, 4) is 0 Å². The fraction of sp³-hybridized carbons (Fsp3) is 0.250. The topological polar surface area (TPSA) is 45.2 Å². The molecule has 0 unspecified atom stereocenters. The van der Waals surface area contributed by atoms with Crippen LogP contribution in [-0.2, 0) is 17.8 Å². The van der Waals surface area contributed by atoms with Crippen molar-refractivity contribution in [1.82, 2.24) is 9.88 Å². The van der Waals surface area contributed by atoms with E-state index in [1.807, 2.05) is 6.07 Å². The van der Waals surface area contributed by atoms with Crippen molar-refractivity contribution in [2.24, 2.45) is 0 Å². The molecule has 1 amide bonds. The summed E-state index contributed by atoms with van der Waals surface area (Å²) in [5, 5.41) is 3.35. The highest BCUT2D eigenvalue weighted by atomic mass is 35.5. The zero-order valence-corrected chi connectivity index (χ0v) is 12.3. The maximum Gasteiger partial charge on any atom is 0.239 e. The molecular formula is C16H16ClN3O. The van der Waals surface area contributed by atoms with Crippen LogP contribution in [0.1, 0.15) is 11.1 Å². The summed E-state index contributed by atoms with van der Waals surface area (Å²) in [6, 6.07) is 11.8. The summed E-state index contributed by atoms with van der Waals surface area (Å²) < 4.78 is 0. The molecule has 0 spiro atoms. The second-order valence-corrected chi connectivity index (χ2v) is 5.58. The minimum Gasteiger partial charge on any atom is -0.310 e. The number of hydrogen-bond acceptors (Lipinski definition) is 3. The largest absolute Gasteiger partial charge is 0.310 e. The number of aromatic nitrogens is 1. The van der Waals surface area contributed by atoms with E-state index < -0.39 is 0 Å². The molecular weight excluding hydrogens is 286 g/mol. The zero-order chi connectivity index (χ0) is 14.7. The smallest absolute Gasteiger partial charge is 0.239 e. The van der Waals surface area contributed by atoms with Crippen LogP contribution in [0.5, 0.6) is 0 Å². The SMILES string of the molecule is O=C(CN1CCc2ccccc2C1)Nc1ccc(Cl)cn1. The molecule has 0 saturated heterocycles. The van der Waals surface area contributed by atoms with Crippen LogP contribution in [-0.4, -0.2) is 28.9 Å². The van der Waals surface area contributed by atoms with E-state index in [1.165, 1.54) is 17.3 Å². The fourth-order valence-corrected chi connectivity index (χ4v) is 2.64. The summed E-state index contributed by atoms with van der Waals surface area (Å²) in [5.74, 6) is 0.478. The molecule has 2 aromatic rings. The molecule has 0 fully saturated rings. The van der Waals surface area contributed by atoms with Crippen LogP contribution >= 0.6 is 11.6 Å². The molecule has 1 N–H and O–H groups in total. The van der Waals surface area contributed by atoms with E-state index in [2.05, 4.69) is 33.4 Å². The number of rotatable bonds is 3. The Labute approximate surface area is 128 Å². The van der Waals surface area contributed by atoms with Crippen LogP contribution < -0.4 is 5.32 Å². The third kappa shape index (κ3) is 3.60. The Kier molecular flexibility index (Phi) is 4.18. The van der Waals surface area contributed by atoms with E-state index in [9.17, 15) is 4.79 Å². The van der Waals surface area contributed by atoms with Gasteiger partial charge >= 0.3 is 0 Å². The van der Waals surface area contributed by atoms with Crippen LogP contribution in [0.4, 0.5) is 5.82 Å². The Balaban J connectivity index is 1.57. The predicted octanol–water partition coefficient (Wildman–Crippen LogP) is 2.73. The molecule has 0 saturated carbocycles. The van der Waals surface area contributed by atoms with Crippen molar-refractivity contribution in [3.63, 3.8) is 0 Å². The van der Waals surface area contributed by atoms with Crippen molar-refractivity contribution in [2.45, 2.75) is 13.0 Å². The van der Waals surface area contributed by atoms with Gasteiger partial charge in [-0.1, -0.05) is 35.9 Å². The highest BCUT2D eigenvalue weighted by molar-refractivity contribution is 6.30. The van der Waals surface area contributed by atoms with Gasteiger partial charge in [0.05, 0.1) is 11.6 Å². The molecule has 0 bridgehead atoms. The minimum atomic E-state index is -0.0517. The van der Waals surface area contributed by atoms with Gasteiger partial charge in [-0.15, -0.1) is 0 Å². The molecule has 1 aliphatic rings. The Morgan fingerprint density at radius 2 is 2.05 bits per heavy atom. The fourth-order valence-electron chi connectivity index (χ4n) is 2.52. The van der Waals surface area contributed by atoms with Gasteiger partial charge in [-0.3, -0.25) is 9.69 Å². The molecule has 1 aliphatic heterocycles. The van der Waals surface area contributed by atoms with Crippen molar-refractivity contribution >= 4 is 23.3 Å². The summed E-state index contributed by atoms with van der Waals surface area (Å²) in [6.45, 7) is 2.09. The Morgan fingerprint density at radius 1 is 1.24 bits per heavy atom. The lowest BCUT2D eigenvalue weighted by Gasteiger charge is -2.27. The lowest BCUT2D eigenvalue weighted by Crippen LogP contribution is -2.37. The van der Waals surface area contributed by atoms with Gasteiger partial charge in [0.1, 0.15) is 5.82 Å². The van der Waals surface area contributed by atoms with E-state index >= 15 is 0 Å². The average molecular weight is 302 g/mol. The zero-order valence-electron chi connectivity index (χ0n) is 11.6. The highest BCUT2D eigenvalue weighted by Crippen LogP contribution is 2.18. The Morgan fingerprint density at radius 3 is 2.81 bits per heavy atom. The number of fused-ring (bicyclic) bond motifs is 1. The van der Waals surface area contributed by atoms with Gasteiger partial charge in [-0.2, -0.15) is 0 Å². The quantitative estimate of drug-likeness (QED) is 0.948. The monoisotopic (exact) mass is 301 g/mol. The molecule has 21 heavy (non-hydrogen) atoms. The molecule has 1 aromatic heterocycles. The maximum atomic E-state index is 12.1. The number of hydrogen-bond donors (Lipinski definition) is 1. The first-order valence-electron chi connectivity index (χ1n) is 6.91. The molecule has 1 aromatic carbocycles. The van der Waals surface area contributed by atoms with Crippen LogP contribution in [0, 0.1) is 0 Å². The molecule has 2 heterocycles. The lowest BCUT2D eigenvalue weighted by atomic mass is 10.00. The summed E-state index contributed by atoms with van der Waals surface area (Å²) >= 11 is 5.77. The van der Waals surface area contributed by atoms with E-state index in [0.29, 0.717) is 17.4 Å². The van der Waals surface area contributed by atoms with Crippen molar-refractivity contribution < 1.29 is 4.79 Å². The molecule has 0 atom stereocenters. The van der Waals surface area contributed by atoms with Gasteiger partial charge in [0.2, 0.25) is 5.91 Å². The average Bonchev–Trinajstić information content (AvgIpc) is 2.49. The number of carbonyl (C=O) groups is 1. The first-order valence-corrected chi connectivity index (χ1v) is 7.29. The van der Waals surface area contributed by atoms with E-state index in [1.54, 1.807) is 12.1 Å². The van der Waals surface area contributed by atoms with Crippen LogP contribution in [0.2, 0.25) is 5.02 Å². The van der Waals surface area contributed by atoms with Gasteiger partial charge < -0.3 is 5.32 Å². The number of nitrogens with zero attached hydrogens (tertiary/aromatic N) is 2. The standard InChI is InChI=1S/C16H16ClN3O/c17-14-5-6-15(18-9-14)19-16(21)11-20-8-7-12-3-1-2-4-13(12)10-20/h1-6,9H,7-8,10-11H2,(H,18,19,21). The van der Waals surface area contributed by atoms with Crippen molar-refractivity contribution in [2.75, 3.05) is 18.4 Å². The number of benzene rings is 1. The summed E-state index contributed by atoms with van der Waals surface area (Å²) in [7, 11) is 0. The molecule has 0 radical (unpaired) electrons. The van der Waals surface area contributed by atoms with Crippen LogP contribution in [0.15, 0.2) is 42.6 Å². The Bertz CT molecular complexity index is 642. The first-order chi connectivity index (χ1) is 10.2. The van der Waals surface area contributed by atoms with E-state index in [4.69, 9.17) is 11.6 Å². The minimum absolute atomic E-state index is 0.0517. The van der Waals surface area contributed by atoms with E-state index in [-0.39, 0.29) is 5.91 Å². The van der Waals surface area contributed by atoms with Gasteiger partial charge in [0.15, 0.2) is 0 Å². The van der Waals surface area contributed by atoms with Gasteiger partial charge in [0, 0.05) is 19.3 Å². The number of carbonyl (C=O) groups excluding carboxylic acids is 1. The first kappa shape index (κ1) is 14.0. The predicted molar refractivity (Wildman–Crippen MR) is 83.3 cm³/mol. The van der Waals surface area contributed by atoms with Crippen LogP contribution in [0.3, 0.4) is 0 Å². The molecule has 5 heteroatoms. The molecule has 3 rings (SSSR count). The number of pyridine rings is 1. The van der Waals surface area contributed by atoms with Gasteiger partial charge in [-0.25, -0.2) is 4.98 Å². The summed E-state index contributed by atoms with van der Waals surface area (Å²) in [6.07, 6.45) is 2.51. The summed E-state index contributed by atoms with van der Waals surface area (Å²) in [5.41, 5.74) is 2.69. The number of halogens is 1. The molecule has 0 aliphatic carbocycles. The Hall–Kier alpha value is -1.91. The summed E-state index contributed by atoms with van der Waals surface area (Å²) in [4.78, 5) is 18.3. The molecule has 108 valence electrons. The third-order valence-corrected chi connectivity index (χ3v) is 3.80.